The summed E-state index contributed by atoms with van der Waals surface area (Å²) in [5, 5.41) is 0.253. The van der Waals surface area contributed by atoms with Crippen LogP contribution in [0.1, 0.15) is 10.4 Å². The number of thioether (sulfide) groups is 1. The Morgan fingerprint density at radius 1 is 0.944 bits per heavy atom. The molecule has 4 aromatic rings. The minimum Gasteiger partial charge on any atom is -0.497 e. The molecule has 186 valence electrons. The Labute approximate surface area is 210 Å². The number of hydrogen-bond donors (Lipinski definition) is 0. The predicted octanol–water partition coefficient (Wildman–Crippen LogP) is 4.53. The van der Waals surface area contributed by atoms with Gasteiger partial charge in [0.15, 0.2) is 22.4 Å². The van der Waals surface area contributed by atoms with E-state index >= 15 is 0 Å². The maximum Gasteiger partial charge on any atom is 0.267 e. The third kappa shape index (κ3) is 4.59. The lowest BCUT2D eigenvalue weighted by atomic mass is 10.1. The lowest BCUT2D eigenvalue weighted by Crippen LogP contribution is -2.23. The van der Waals surface area contributed by atoms with Gasteiger partial charge in [-0.05, 0) is 42.5 Å². The Hall–Kier alpha value is -4.05. The van der Waals surface area contributed by atoms with Crippen LogP contribution in [0.15, 0.2) is 64.5 Å². The molecule has 0 aliphatic rings. The van der Waals surface area contributed by atoms with Crippen LogP contribution in [-0.2, 0) is 0 Å². The molecule has 36 heavy (non-hydrogen) atoms. The average Bonchev–Trinajstić information content (AvgIpc) is 2.91. The Morgan fingerprint density at radius 2 is 1.64 bits per heavy atom. The van der Waals surface area contributed by atoms with Crippen LogP contribution in [-0.4, -0.2) is 49.5 Å². The Kier molecular flexibility index (Phi) is 7.44. The quantitative estimate of drug-likeness (QED) is 0.184. The first kappa shape index (κ1) is 25.1. The van der Waals surface area contributed by atoms with Crippen LogP contribution in [0.4, 0.5) is 4.39 Å². The number of nitrogens with zero attached hydrogens (tertiary/aromatic N) is 2. The number of ether oxygens (including phenoxy) is 4. The summed E-state index contributed by atoms with van der Waals surface area (Å²) in [6.45, 7) is 0. The number of benzene rings is 3. The highest BCUT2D eigenvalue weighted by atomic mass is 32.2. The summed E-state index contributed by atoms with van der Waals surface area (Å²) in [6, 6.07) is 14.0. The maximum absolute atomic E-state index is 14.8. The van der Waals surface area contributed by atoms with E-state index in [1.165, 1.54) is 45.6 Å². The second kappa shape index (κ2) is 10.7. The zero-order valence-corrected chi connectivity index (χ0v) is 20.8. The number of carbonyl (C=O) groups is 1. The van der Waals surface area contributed by atoms with Crippen molar-refractivity contribution in [3.8, 4) is 28.7 Å². The first-order valence-electron chi connectivity index (χ1n) is 10.7. The monoisotopic (exact) mass is 510 g/mol. The van der Waals surface area contributed by atoms with E-state index in [9.17, 15) is 14.0 Å². The van der Waals surface area contributed by atoms with Crippen molar-refractivity contribution in [2.75, 3.05) is 34.2 Å². The molecule has 10 heteroatoms. The van der Waals surface area contributed by atoms with Gasteiger partial charge < -0.3 is 18.9 Å². The van der Waals surface area contributed by atoms with Gasteiger partial charge in [0.1, 0.15) is 17.1 Å². The summed E-state index contributed by atoms with van der Waals surface area (Å²) in [4.78, 5) is 31.2. The van der Waals surface area contributed by atoms with E-state index < -0.39 is 11.4 Å². The number of hydrogen-bond acceptors (Lipinski definition) is 8. The summed E-state index contributed by atoms with van der Waals surface area (Å²) in [5.41, 5.74) is 0.119. The first-order chi connectivity index (χ1) is 17.4. The molecule has 0 aliphatic heterocycles. The molecule has 0 spiro atoms. The Balaban J connectivity index is 1.88. The molecule has 3 aromatic carbocycles. The van der Waals surface area contributed by atoms with Crippen LogP contribution < -0.4 is 24.5 Å². The average molecular weight is 511 g/mol. The van der Waals surface area contributed by atoms with Crippen molar-refractivity contribution >= 4 is 28.4 Å². The SMILES string of the molecule is COc1ccc(C(=O)CSc2nc3c(OC)c(OC)c(OC)cc3c(=O)n2-c2ccccc2F)cc1. The van der Waals surface area contributed by atoms with Crippen molar-refractivity contribution < 1.29 is 28.1 Å². The molecule has 4 rings (SSSR count). The van der Waals surface area contributed by atoms with Crippen molar-refractivity contribution in [2.45, 2.75) is 5.16 Å². The van der Waals surface area contributed by atoms with Gasteiger partial charge in [-0.15, -0.1) is 0 Å². The van der Waals surface area contributed by atoms with Crippen LogP contribution in [0.2, 0.25) is 0 Å². The van der Waals surface area contributed by atoms with Crippen molar-refractivity contribution in [2.24, 2.45) is 0 Å². The number of aromatic nitrogens is 2. The molecule has 0 aliphatic carbocycles. The highest BCUT2D eigenvalue weighted by Gasteiger charge is 2.24. The fraction of sp³-hybridized carbons (Fsp3) is 0.192. The number of para-hydroxylation sites is 1. The third-order valence-corrected chi connectivity index (χ3v) is 6.41. The normalized spacial score (nSPS) is 10.8. The van der Waals surface area contributed by atoms with E-state index in [1.807, 2.05) is 0 Å². The van der Waals surface area contributed by atoms with Gasteiger partial charge in [0, 0.05) is 5.56 Å². The zero-order valence-electron chi connectivity index (χ0n) is 20.0. The molecule has 0 amide bonds. The van der Waals surface area contributed by atoms with Gasteiger partial charge in [-0.3, -0.25) is 14.2 Å². The van der Waals surface area contributed by atoms with Crippen LogP contribution in [0.3, 0.4) is 0 Å². The van der Waals surface area contributed by atoms with E-state index in [0.717, 1.165) is 16.3 Å². The van der Waals surface area contributed by atoms with E-state index in [0.29, 0.717) is 11.3 Å². The summed E-state index contributed by atoms with van der Waals surface area (Å²) < 4.78 is 37.4. The van der Waals surface area contributed by atoms with E-state index in [1.54, 1.807) is 37.4 Å². The van der Waals surface area contributed by atoms with Crippen LogP contribution in [0, 0.1) is 5.82 Å². The van der Waals surface area contributed by atoms with Crippen molar-refractivity contribution in [3.63, 3.8) is 0 Å². The van der Waals surface area contributed by atoms with Gasteiger partial charge in [0.25, 0.3) is 5.56 Å². The molecule has 0 bridgehead atoms. The minimum atomic E-state index is -0.614. The van der Waals surface area contributed by atoms with E-state index in [2.05, 4.69) is 4.98 Å². The molecule has 1 heterocycles. The highest BCUT2D eigenvalue weighted by Crippen LogP contribution is 2.42. The fourth-order valence-corrected chi connectivity index (χ4v) is 4.59. The van der Waals surface area contributed by atoms with Crippen LogP contribution in [0.25, 0.3) is 16.6 Å². The number of methoxy groups -OCH3 is 4. The highest BCUT2D eigenvalue weighted by molar-refractivity contribution is 7.99. The number of halogens is 1. The number of rotatable bonds is 9. The molecule has 0 saturated carbocycles. The Morgan fingerprint density at radius 3 is 2.25 bits per heavy atom. The molecular weight excluding hydrogens is 487 g/mol. The number of carbonyl (C=O) groups excluding carboxylic acids is 1. The van der Waals surface area contributed by atoms with Gasteiger partial charge in [0.2, 0.25) is 5.75 Å². The van der Waals surface area contributed by atoms with Gasteiger partial charge >= 0.3 is 0 Å². The molecule has 1 aromatic heterocycles. The number of fused-ring (bicyclic) bond motifs is 1. The maximum atomic E-state index is 14.8. The smallest absolute Gasteiger partial charge is 0.267 e. The molecule has 0 atom stereocenters. The van der Waals surface area contributed by atoms with Gasteiger partial charge in [-0.1, -0.05) is 23.9 Å². The summed E-state index contributed by atoms with van der Waals surface area (Å²) in [5.74, 6) is 0.472. The van der Waals surface area contributed by atoms with Gasteiger partial charge in [-0.25, -0.2) is 9.37 Å². The summed E-state index contributed by atoms with van der Waals surface area (Å²) >= 11 is 1.01. The molecule has 0 unspecified atom stereocenters. The first-order valence-corrected chi connectivity index (χ1v) is 11.7. The zero-order chi connectivity index (χ0) is 25.8. The molecule has 0 fully saturated rings. The molecule has 8 nitrogen and oxygen atoms in total. The number of ketones is 1. The molecule has 0 radical (unpaired) electrons. The molecule has 0 N–H and O–H groups in total. The van der Waals surface area contributed by atoms with Gasteiger partial charge in [-0.2, -0.15) is 0 Å². The van der Waals surface area contributed by atoms with Crippen molar-refractivity contribution in [3.05, 3.63) is 76.3 Å². The predicted molar refractivity (Wildman–Crippen MR) is 135 cm³/mol. The Bertz CT molecular complexity index is 1490. The van der Waals surface area contributed by atoms with E-state index in [-0.39, 0.29) is 50.5 Å². The van der Waals surface area contributed by atoms with Crippen LogP contribution >= 0.6 is 11.8 Å². The summed E-state index contributed by atoms with van der Waals surface area (Å²) in [7, 11) is 5.83. The van der Waals surface area contributed by atoms with E-state index in [4.69, 9.17) is 18.9 Å². The molecule has 0 saturated heterocycles. The summed E-state index contributed by atoms with van der Waals surface area (Å²) in [6.07, 6.45) is 0. The van der Waals surface area contributed by atoms with Crippen LogP contribution in [0.5, 0.6) is 23.0 Å². The number of Topliss-reactive ketones (excluding diaryl/α,β-unsaturated/α-hetero) is 1. The third-order valence-electron chi connectivity index (χ3n) is 5.47. The minimum absolute atomic E-state index is 0.00467. The van der Waals surface area contributed by atoms with Crippen molar-refractivity contribution in [1.29, 1.82) is 0 Å². The topological polar surface area (TPSA) is 88.9 Å². The lowest BCUT2D eigenvalue weighted by Gasteiger charge is -2.17. The van der Waals surface area contributed by atoms with Gasteiger partial charge in [0.05, 0.1) is 45.3 Å². The molecular formula is C26H23FN2O6S. The fourth-order valence-electron chi connectivity index (χ4n) is 3.70. The standard InChI is InChI=1S/C26H23FN2O6S/c1-32-16-11-9-15(10-12-16)20(30)14-36-26-28-22-17(13-21(33-2)23(34-3)24(22)35-4)25(31)29(26)19-8-6-5-7-18(19)27/h5-13H,14H2,1-4H3. The van der Waals surface area contributed by atoms with Crippen molar-refractivity contribution in [1.82, 2.24) is 9.55 Å². The second-order valence-corrected chi connectivity index (χ2v) is 8.41. The lowest BCUT2D eigenvalue weighted by molar-refractivity contribution is 0.102. The largest absolute Gasteiger partial charge is 0.497 e. The second-order valence-electron chi connectivity index (χ2n) is 7.47.